The molecule has 0 radical (unpaired) electrons. The first kappa shape index (κ1) is 18.4. The van der Waals surface area contributed by atoms with Crippen molar-refractivity contribution in [2.24, 2.45) is 4.99 Å². The standard InChI is InChI=1S/C19H20FN3O2S/c1-3-15(13-6-4-5-7-14(13)20)22-19-23-17(24)11-16(26-19)12-8-9-21-18(10-12)25-2/h4-10,15-16H,3,11H2,1-2H3,(H,22,23,24). The number of nitrogens with zero attached hydrogens (tertiary/aromatic N) is 2. The number of thioether (sulfide) groups is 1. The number of carbonyl (C=O) groups is 1. The van der Waals surface area contributed by atoms with Crippen LogP contribution in [0.25, 0.3) is 0 Å². The van der Waals surface area contributed by atoms with Crippen LogP contribution in [0, 0.1) is 5.82 Å². The van der Waals surface area contributed by atoms with E-state index in [1.54, 1.807) is 31.5 Å². The molecule has 0 spiro atoms. The average molecular weight is 373 g/mol. The van der Waals surface area contributed by atoms with Gasteiger partial charge >= 0.3 is 0 Å². The van der Waals surface area contributed by atoms with Crippen LogP contribution in [0.2, 0.25) is 0 Å². The average Bonchev–Trinajstić information content (AvgIpc) is 2.66. The molecule has 1 N–H and O–H groups in total. The summed E-state index contributed by atoms with van der Waals surface area (Å²) in [6, 6.07) is 9.95. The lowest BCUT2D eigenvalue weighted by Crippen LogP contribution is -2.35. The van der Waals surface area contributed by atoms with E-state index in [9.17, 15) is 9.18 Å². The zero-order chi connectivity index (χ0) is 18.5. The number of halogens is 1. The second-order valence-corrected chi connectivity index (χ2v) is 7.06. The Morgan fingerprint density at radius 2 is 2.23 bits per heavy atom. The fraction of sp³-hybridized carbons (Fsp3) is 0.316. The lowest BCUT2D eigenvalue weighted by atomic mass is 10.0. The number of pyridine rings is 1. The van der Waals surface area contributed by atoms with Crippen LogP contribution in [0.15, 0.2) is 47.6 Å². The molecule has 1 aromatic carbocycles. The molecule has 0 saturated carbocycles. The number of aliphatic imine (C=N–C) groups is 1. The molecule has 0 aliphatic carbocycles. The highest BCUT2D eigenvalue weighted by atomic mass is 32.2. The summed E-state index contributed by atoms with van der Waals surface area (Å²) >= 11 is 1.46. The smallest absolute Gasteiger partial charge is 0.227 e. The molecule has 26 heavy (non-hydrogen) atoms. The molecule has 1 fully saturated rings. The quantitative estimate of drug-likeness (QED) is 0.859. The second-order valence-electron chi connectivity index (χ2n) is 5.87. The molecule has 2 heterocycles. The topological polar surface area (TPSA) is 63.6 Å². The van der Waals surface area contributed by atoms with Crippen molar-refractivity contribution in [2.45, 2.75) is 31.1 Å². The maximum absolute atomic E-state index is 14.1. The SMILES string of the molecule is CCC(N=C1NC(=O)CC(c2ccnc(OC)c2)S1)c1ccccc1F. The molecule has 2 aromatic rings. The van der Waals surface area contributed by atoms with Crippen molar-refractivity contribution in [1.82, 2.24) is 10.3 Å². The molecular weight excluding hydrogens is 353 g/mol. The van der Waals surface area contributed by atoms with Crippen LogP contribution in [-0.2, 0) is 4.79 Å². The van der Waals surface area contributed by atoms with Crippen LogP contribution in [0.3, 0.4) is 0 Å². The van der Waals surface area contributed by atoms with Gasteiger partial charge < -0.3 is 10.1 Å². The number of hydrogen-bond donors (Lipinski definition) is 1. The molecule has 1 saturated heterocycles. The molecule has 136 valence electrons. The first-order valence-corrected chi connectivity index (χ1v) is 9.27. The van der Waals surface area contributed by atoms with E-state index in [0.29, 0.717) is 29.5 Å². The molecule has 1 amide bonds. The minimum atomic E-state index is -0.343. The van der Waals surface area contributed by atoms with Gasteiger partial charge in [0.25, 0.3) is 0 Å². The minimum Gasteiger partial charge on any atom is -0.481 e. The van der Waals surface area contributed by atoms with Gasteiger partial charge in [-0.05, 0) is 24.1 Å². The maximum Gasteiger partial charge on any atom is 0.227 e. The summed E-state index contributed by atoms with van der Waals surface area (Å²) in [6.07, 6.45) is 2.63. The number of amides is 1. The van der Waals surface area contributed by atoms with Crippen LogP contribution < -0.4 is 10.1 Å². The summed E-state index contributed by atoms with van der Waals surface area (Å²) in [4.78, 5) is 20.9. The van der Waals surface area contributed by atoms with Gasteiger partial charge in [-0.1, -0.05) is 36.9 Å². The van der Waals surface area contributed by atoms with E-state index in [4.69, 9.17) is 4.74 Å². The van der Waals surface area contributed by atoms with Gasteiger partial charge in [0.1, 0.15) is 5.82 Å². The van der Waals surface area contributed by atoms with E-state index in [1.807, 2.05) is 19.1 Å². The van der Waals surface area contributed by atoms with Crippen molar-refractivity contribution in [2.75, 3.05) is 7.11 Å². The molecule has 7 heteroatoms. The monoisotopic (exact) mass is 373 g/mol. The lowest BCUT2D eigenvalue weighted by molar-refractivity contribution is -0.119. The molecule has 1 aliphatic heterocycles. The molecule has 0 bridgehead atoms. The summed E-state index contributed by atoms with van der Waals surface area (Å²) < 4.78 is 19.3. The van der Waals surface area contributed by atoms with Gasteiger partial charge in [-0.2, -0.15) is 0 Å². The van der Waals surface area contributed by atoms with E-state index >= 15 is 0 Å². The van der Waals surface area contributed by atoms with Crippen molar-refractivity contribution < 1.29 is 13.9 Å². The Balaban J connectivity index is 1.86. The highest BCUT2D eigenvalue weighted by Gasteiger charge is 2.27. The summed E-state index contributed by atoms with van der Waals surface area (Å²) in [5.74, 6) is 0.114. The Morgan fingerprint density at radius 1 is 1.42 bits per heavy atom. The number of methoxy groups -OCH3 is 1. The highest BCUT2D eigenvalue weighted by Crippen LogP contribution is 2.37. The number of hydrogen-bond acceptors (Lipinski definition) is 5. The van der Waals surface area contributed by atoms with E-state index in [-0.39, 0.29) is 23.0 Å². The van der Waals surface area contributed by atoms with Crippen molar-refractivity contribution in [3.8, 4) is 5.88 Å². The number of benzene rings is 1. The van der Waals surface area contributed by atoms with Gasteiger partial charge in [0, 0.05) is 29.5 Å². The molecule has 3 rings (SSSR count). The second kappa shape index (κ2) is 8.31. The van der Waals surface area contributed by atoms with Gasteiger partial charge in [-0.25, -0.2) is 9.37 Å². The van der Waals surface area contributed by atoms with E-state index in [0.717, 1.165) is 5.56 Å². The number of nitrogens with one attached hydrogen (secondary N) is 1. The molecular formula is C19H20FN3O2S. The molecule has 1 aliphatic rings. The van der Waals surface area contributed by atoms with Gasteiger partial charge in [0.15, 0.2) is 5.17 Å². The number of carbonyl (C=O) groups excluding carboxylic acids is 1. The lowest BCUT2D eigenvalue weighted by Gasteiger charge is -2.24. The molecule has 2 atom stereocenters. The summed E-state index contributed by atoms with van der Waals surface area (Å²) in [5.41, 5.74) is 1.48. The van der Waals surface area contributed by atoms with Gasteiger partial charge in [-0.15, -0.1) is 0 Å². The van der Waals surface area contributed by atoms with Gasteiger partial charge in [0.05, 0.1) is 13.2 Å². The molecule has 5 nitrogen and oxygen atoms in total. The van der Waals surface area contributed by atoms with Crippen molar-refractivity contribution in [3.05, 3.63) is 59.5 Å². The predicted molar refractivity (Wildman–Crippen MR) is 101 cm³/mol. The largest absolute Gasteiger partial charge is 0.481 e. The van der Waals surface area contributed by atoms with Crippen molar-refractivity contribution in [3.63, 3.8) is 0 Å². The van der Waals surface area contributed by atoms with E-state index in [1.165, 1.54) is 17.8 Å². The van der Waals surface area contributed by atoms with Crippen LogP contribution in [0.4, 0.5) is 4.39 Å². The summed E-state index contributed by atoms with van der Waals surface area (Å²) in [5, 5.41) is 3.23. The zero-order valence-electron chi connectivity index (χ0n) is 14.6. The predicted octanol–water partition coefficient (Wildman–Crippen LogP) is 4.03. The van der Waals surface area contributed by atoms with Crippen LogP contribution in [0.5, 0.6) is 5.88 Å². The first-order chi connectivity index (χ1) is 12.6. The number of ether oxygens (including phenoxy) is 1. The van der Waals surface area contributed by atoms with Gasteiger partial charge in [-0.3, -0.25) is 9.79 Å². The third kappa shape index (κ3) is 4.22. The Hall–Kier alpha value is -2.41. The van der Waals surface area contributed by atoms with Crippen LogP contribution >= 0.6 is 11.8 Å². The third-order valence-electron chi connectivity index (χ3n) is 4.13. The molecule has 1 aromatic heterocycles. The Bertz CT molecular complexity index is 828. The number of amidine groups is 1. The fourth-order valence-corrected chi connectivity index (χ4v) is 3.95. The fourth-order valence-electron chi connectivity index (χ4n) is 2.80. The van der Waals surface area contributed by atoms with Crippen molar-refractivity contribution in [1.29, 1.82) is 0 Å². The zero-order valence-corrected chi connectivity index (χ0v) is 15.4. The summed E-state index contributed by atoms with van der Waals surface area (Å²) in [7, 11) is 1.56. The Kier molecular flexibility index (Phi) is 5.88. The van der Waals surface area contributed by atoms with Crippen LogP contribution in [-0.4, -0.2) is 23.2 Å². The number of rotatable bonds is 5. The van der Waals surface area contributed by atoms with E-state index in [2.05, 4.69) is 15.3 Å². The minimum absolute atomic E-state index is 0.0856. The van der Waals surface area contributed by atoms with Crippen LogP contribution in [0.1, 0.15) is 42.2 Å². The van der Waals surface area contributed by atoms with Gasteiger partial charge in [0.2, 0.25) is 11.8 Å². The molecule has 2 unspecified atom stereocenters. The summed E-state index contributed by atoms with van der Waals surface area (Å²) in [6.45, 7) is 1.95. The van der Waals surface area contributed by atoms with Crippen molar-refractivity contribution >= 4 is 22.8 Å². The highest BCUT2D eigenvalue weighted by molar-refractivity contribution is 8.14. The maximum atomic E-state index is 14.1. The Labute approximate surface area is 156 Å². The normalized spacial score (nSPS) is 19.9. The van der Waals surface area contributed by atoms with E-state index < -0.39 is 0 Å². The Morgan fingerprint density at radius 3 is 2.96 bits per heavy atom. The number of aromatic nitrogens is 1. The first-order valence-electron chi connectivity index (χ1n) is 8.39. The third-order valence-corrected chi connectivity index (χ3v) is 5.29.